The molecule has 0 fully saturated rings. The number of carbonyl (C=O) groups is 1. The Hall–Kier alpha value is -0.750. The maximum Gasteiger partial charge on any atom is 0.319 e. The zero-order valence-electron chi connectivity index (χ0n) is 8.60. The van der Waals surface area contributed by atoms with E-state index in [-0.39, 0.29) is 5.75 Å². The van der Waals surface area contributed by atoms with Gasteiger partial charge in [0.1, 0.15) is 10.3 Å². The highest BCUT2D eigenvalue weighted by molar-refractivity contribution is 7.85. The largest absolute Gasteiger partial charge is 0.480 e. The Labute approximate surface area is 94.8 Å². The van der Waals surface area contributed by atoms with Gasteiger partial charge in [0.2, 0.25) is 0 Å². The van der Waals surface area contributed by atoms with Crippen LogP contribution in [0.5, 0.6) is 0 Å². The van der Waals surface area contributed by atoms with E-state index in [4.69, 9.17) is 5.11 Å². The highest BCUT2D eigenvalue weighted by atomic mass is 32.2. The zero-order valence-corrected chi connectivity index (χ0v) is 10.2. The molecule has 1 rings (SSSR count). The number of hydrogen-bond donors (Lipinski definition) is 1. The number of carboxylic acid groups (broad SMARTS) is 1. The molecule has 0 amide bonds. The van der Waals surface area contributed by atoms with Crippen LogP contribution < -0.4 is 0 Å². The molecule has 1 N–H and O–H groups in total. The van der Waals surface area contributed by atoms with Crippen molar-refractivity contribution in [1.29, 1.82) is 0 Å². The molecule has 1 aromatic heterocycles. The number of hydrogen-bond acceptors (Lipinski definition) is 4. The molecule has 0 bridgehead atoms. The number of aromatic nitrogens is 1. The Morgan fingerprint density at radius 1 is 1.73 bits per heavy atom. The number of aliphatic carboxylic acids is 1. The summed E-state index contributed by atoms with van der Waals surface area (Å²) in [6.07, 6.45) is 0.381. The molecule has 0 aliphatic carbocycles. The summed E-state index contributed by atoms with van der Waals surface area (Å²) in [7, 11) is -1.38. The van der Waals surface area contributed by atoms with Crippen LogP contribution >= 0.6 is 11.3 Å². The Kier molecular flexibility index (Phi) is 4.41. The fourth-order valence-corrected chi connectivity index (χ4v) is 3.45. The van der Waals surface area contributed by atoms with Gasteiger partial charge >= 0.3 is 5.97 Å². The topological polar surface area (TPSA) is 67.3 Å². The highest BCUT2D eigenvalue weighted by Crippen LogP contribution is 2.14. The molecule has 1 aromatic rings. The average Bonchev–Trinajstić information content (AvgIpc) is 2.51. The first-order valence-electron chi connectivity index (χ1n) is 4.55. The summed E-state index contributed by atoms with van der Waals surface area (Å²) in [5, 5.41) is 10.6. The fraction of sp³-hybridized carbons (Fsp3) is 0.556. The van der Waals surface area contributed by atoms with E-state index in [2.05, 4.69) is 4.98 Å². The van der Waals surface area contributed by atoms with Gasteiger partial charge in [-0.25, -0.2) is 4.98 Å². The van der Waals surface area contributed by atoms with Crippen LogP contribution in [0.3, 0.4) is 0 Å². The lowest BCUT2D eigenvalue weighted by molar-refractivity contribution is -0.136. The van der Waals surface area contributed by atoms with Crippen molar-refractivity contribution in [3.8, 4) is 0 Å². The van der Waals surface area contributed by atoms with E-state index >= 15 is 0 Å². The van der Waals surface area contributed by atoms with E-state index in [1.54, 1.807) is 6.92 Å². The summed E-state index contributed by atoms with van der Waals surface area (Å²) in [5.74, 6) is -0.757. The van der Waals surface area contributed by atoms with Gasteiger partial charge in [-0.2, -0.15) is 0 Å². The van der Waals surface area contributed by atoms with Crippen molar-refractivity contribution >= 4 is 28.1 Å². The molecule has 15 heavy (non-hydrogen) atoms. The second-order valence-corrected chi connectivity index (χ2v) is 5.70. The van der Waals surface area contributed by atoms with Gasteiger partial charge in [-0.15, -0.1) is 11.3 Å². The van der Waals surface area contributed by atoms with Crippen LogP contribution in [0.25, 0.3) is 0 Å². The molecule has 0 aromatic carbocycles. The minimum absolute atomic E-state index is 0.239. The van der Waals surface area contributed by atoms with Gasteiger partial charge in [-0.1, -0.05) is 6.92 Å². The van der Waals surface area contributed by atoms with Crippen LogP contribution in [0.15, 0.2) is 5.38 Å². The van der Waals surface area contributed by atoms with E-state index in [1.807, 2.05) is 12.3 Å². The highest BCUT2D eigenvalue weighted by Gasteiger charge is 2.23. The van der Waals surface area contributed by atoms with Crippen molar-refractivity contribution in [3.63, 3.8) is 0 Å². The maximum absolute atomic E-state index is 11.7. The van der Waals surface area contributed by atoms with Crippen LogP contribution in [-0.2, 0) is 21.3 Å². The van der Waals surface area contributed by atoms with E-state index in [0.717, 1.165) is 10.7 Å². The standard InChI is InChI=1S/C9H13NO3S2/c1-3-7(9(11)12)15(13)5-8-10-6(2)4-14-8/h4,7H,3,5H2,1-2H3,(H,11,12). The molecule has 2 unspecified atom stereocenters. The van der Waals surface area contributed by atoms with Crippen molar-refractivity contribution in [3.05, 3.63) is 16.1 Å². The normalized spacial score (nSPS) is 14.8. The van der Waals surface area contributed by atoms with Crippen LogP contribution in [-0.4, -0.2) is 25.5 Å². The molecule has 0 spiro atoms. The zero-order chi connectivity index (χ0) is 11.4. The van der Waals surface area contributed by atoms with Gasteiger partial charge in [0.15, 0.2) is 0 Å². The van der Waals surface area contributed by atoms with Crippen LogP contribution in [0.4, 0.5) is 0 Å². The van der Waals surface area contributed by atoms with E-state index in [1.165, 1.54) is 11.3 Å². The molecule has 4 nitrogen and oxygen atoms in total. The number of nitrogens with zero attached hydrogens (tertiary/aromatic N) is 1. The first-order valence-corrected chi connectivity index (χ1v) is 6.81. The summed E-state index contributed by atoms with van der Waals surface area (Å²) in [5.41, 5.74) is 0.885. The molecule has 2 atom stereocenters. The van der Waals surface area contributed by atoms with Gasteiger partial charge in [0.25, 0.3) is 0 Å². The summed E-state index contributed by atoms with van der Waals surface area (Å²) >= 11 is 1.42. The number of thiazole rings is 1. The first kappa shape index (κ1) is 12.3. The first-order chi connectivity index (χ1) is 7.04. The molecule has 0 radical (unpaired) electrons. The summed E-state index contributed by atoms with van der Waals surface area (Å²) < 4.78 is 11.7. The van der Waals surface area contributed by atoms with E-state index < -0.39 is 22.0 Å². The van der Waals surface area contributed by atoms with E-state index in [9.17, 15) is 9.00 Å². The molecule has 0 aliphatic heterocycles. The van der Waals surface area contributed by atoms with Gasteiger partial charge in [0.05, 0.1) is 5.75 Å². The van der Waals surface area contributed by atoms with Crippen LogP contribution in [0, 0.1) is 6.92 Å². The molecule has 0 saturated heterocycles. The summed E-state index contributed by atoms with van der Waals surface area (Å²) in [4.78, 5) is 14.9. The molecule has 84 valence electrons. The fourth-order valence-electron chi connectivity index (χ4n) is 1.16. The minimum atomic E-state index is -1.38. The third-order valence-corrected chi connectivity index (χ3v) is 4.77. The third-order valence-electron chi connectivity index (χ3n) is 1.90. The van der Waals surface area contributed by atoms with Crippen molar-refractivity contribution < 1.29 is 14.1 Å². The predicted octanol–water partition coefficient (Wildman–Crippen LogP) is 1.56. The smallest absolute Gasteiger partial charge is 0.319 e. The Morgan fingerprint density at radius 2 is 2.40 bits per heavy atom. The molecule has 1 heterocycles. The monoisotopic (exact) mass is 247 g/mol. The maximum atomic E-state index is 11.7. The second-order valence-electron chi connectivity index (χ2n) is 3.14. The van der Waals surface area contributed by atoms with Gasteiger partial charge in [-0.05, 0) is 13.3 Å². The van der Waals surface area contributed by atoms with Crippen molar-refractivity contribution in [1.82, 2.24) is 4.98 Å². The summed E-state index contributed by atoms with van der Waals surface area (Å²) in [6.45, 7) is 3.58. The van der Waals surface area contributed by atoms with Gasteiger partial charge in [-0.3, -0.25) is 9.00 Å². The van der Waals surface area contributed by atoms with Gasteiger partial charge in [0, 0.05) is 21.9 Å². The second kappa shape index (κ2) is 5.37. The van der Waals surface area contributed by atoms with Crippen molar-refractivity contribution in [2.75, 3.05) is 0 Å². The van der Waals surface area contributed by atoms with Crippen LogP contribution in [0.1, 0.15) is 24.0 Å². The van der Waals surface area contributed by atoms with Crippen molar-refractivity contribution in [2.45, 2.75) is 31.3 Å². The summed E-state index contributed by atoms with van der Waals surface area (Å²) in [6, 6.07) is 0. The molecule has 0 aliphatic rings. The molecular weight excluding hydrogens is 234 g/mol. The van der Waals surface area contributed by atoms with E-state index in [0.29, 0.717) is 6.42 Å². The number of rotatable bonds is 5. The molecular formula is C9H13NO3S2. The lowest BCUT2D eigenvalue weighted by atomic mass is 10.3. The molecule has 0 saturated carbocycles. The average molecular weight is 247 g/mol. The van der Waals surface area contributed by atoms with Crippen molar-refractivity contribution in [2.24, 2.45) is 0 Å². The Bertz CT molecular complexity index is 375. The van der Waals surface area contributed by atoms with Gasteiger partial charge < -0.3 is 5.11 Å². The minimum Gasteiger partial charge on any atom is -0.480 e. The SMILES string of the molecule is CCC(C(=O)O)S(=O)Cc1nc(C)cs1. The lowest BCUT2D eigenvalue weighted by Gasteiger charge is -2.07. The lowest BCUT2D eigenvalue weighted by Crippen LogP contribution is -2.25. The van der Waals surface area contributed by atoms with Crippen LogP contribution in [0.2, 0.25) is 0 Å². The predicted molar refractivity (Wildman–Crippen MR) is 60.4 cm³/mol. The third kappa shape index (κ3) is 3.39. The molecule has 6 heteroatoms. The quantitative estimate of drug-likeness (QED) is 0.857. The number of carboxylic acids is 1. The number of aryl methyl sites for hydroxylation is 1. The Morgan fingerprint density at radius 3 is 2.80 bits per heavy atom. The Balaban J connectivity index is 2.66.